The van der Waals surface area contributed by atoms with Crippen LogP contribution < -0.4 is 0 Å². The van der Waals surface area contributed by atoms with E-state index in [9.17, 15) is 4.79 Å². The average Bonchev–Trinajstić information content (AvgIpc) is 2.91. The van der Waals surface area contributed by atoms with Gasteiger partial charge in [0.05, 0.1) is 6.61 Å². The van der Waals surface area contributed by atoms with Crippen LogP contribution in [0.2, 0.25) is 0 Å². The first kappa shape index (κ1) is 14.5. The van der Waals surface area contributed by atoms with Crippen molar-refractivity contribution in [2.24, 2.45) is 0 Å². The van der Waals surface area contributed by atoms with Crippen LogP contribution in [0.15, 0.2) is 46.1 Å². The fraction of sp³-hybridized carbons (Fsp3) is 0.200. The third kappa shape index (κ3) is 2.99. The van der Waals surface area contributed by atoms with Crippen LogP contribution in [0, 0.1) is 0 Å². The largest absolute Gasteiger partial charge is 0.460 e. The van der Waals surface area contributed by atoms with Crippen LogP contribution in [0.4, 0.5) is 0 Å². The van der Waals surface area contributed by atoms with Crippen molar-refractivity contribution in [1.82, 2.24) is 4.98 Å². The van der Waals surface area contributed by atoms with Gasteiger partial charge >= 0.3 is 5.97 Å². The average molecular weight is 336 g/mol. The van der Waals surface area contributed by atoms with Crippen molar-refractivity contribution in [3.8, 4) is 11.3 Å². The van der Waals surface area contributed by atoms with Gasteiger partial charge in [-0.3, -0.25) is 0 Å². The number of ether oxygens (including phenoxy) is 1. The number of carbonyl (C=O) groups excluding carboxylic acids is 1. The lowest BCUT2D eigenvalue weighted by atomic mass is 10.0. The molecule has 4 nitrogen and oxygen atoms in total. The lowest BCUT2D eigenvalue weighted by Gasteiger charge is -2.05. The summed E-state index contributed by atoms with van der Waals surface area (Å²) < 4.78 is 11.1. The number of allylic oxidation sites excluding steroid dienone is 1. The van der Waals surface area contributed by atoms with Gasteiger partial charge in [0.2, 0.25) is 5.76 Å². The second-order valence-corrected chi connectivity index (χ2v) is 4.90. The fourth-order valence-corrected chi connectivity index (χ4v) is 2.24. The highest BCUT2D eigenvalue weighted by atomic mass is 79.9. The molecule has 20 heavy (non-hydrogen) atoms. The van der Waals surface area contributed by atoms with Crippen molar-refractivity contribution in [2.75, 3.05) is 6.61 Å². The van der Waals surface area contributed by atoms with Crippen LogP contribution in [0.25, 0.3) is 11.3 Å². The maximum absolute atomic E-state index is 11.8. The summed E-state index contributed by atoms with van der Waals surface area (Å²) >= 11 is 3.48. The normalized spacial score (nSPS) is 10.3. The minimum Gasteiger partial charge on any atom is -0.460 e. The summed E-state index contributed by atoms with van der Waals surface area (Å²) in [5.41, 5.74) is 2.36. The SMILES string of the molecule is C=CCc1cc(-c2ncoc2C(=O)OCC)ccc1Br. The Hall–Kier alpha value is -1.88. The number of hydrogen-bond donors (Lipinski definition) is 0. The van der Waals surface area contributed by atoms with Crippen LogP contribution >= 0.6 is 15.9 Å². The van der Waals surface area contributed by atoms with E-state index in [2.05, 4.69) is 27.5 Å². The van der Waals surface area contributed by atoms with E-state index in [4.69, 9.17) is 9.15 Å². The van der Waals surface area contributed by atoms with Crippen molar-refractivity contribution in [2.45, 2.75) is 13.3 Å². The number of oxazole rings is 1. The number of aromatic nitrogens is 1. The van der Waals surface area contributed by atoms with Gasteiger partial charge in [0, 0.05) is 10.0 Å². The van der Waals surface area contributed by atoms with Gasteiger partial charge in [0.25, 0.3) is 0 Å². The second kappa shape index (κ2) is 6.52. The smallest absolute Gasteiger partial charge is 0.376 e. The zero-order valence-corrected chi connectivity index (χ0v) is 12.6. The quantitative estimate of drug-likeness (QED) is 0.611. The molecule has 0 saturated heterocycles. The minimum absolute atomic E-state index is 0.124. The Balaban J connectivity index is 2.42. The number of esters is 1. The zero-order chi connectivity index (χ0) is 14.5. The first-order valence-electron chi connectivity index (χ1n) is 6.17. The molecule has 0 aliphatic rings. The zero-order valence-electron chi connectivity index (χ0n) is 11.1. The molecule has 1 aromatic carbocycles. The van der Waals surface area contributed by atoms with Gasteiger partial charge in [-0.25, -0.2) is 9.78 Å². The Bertz CT molecular complexity index is 634. The number of benzene rings is 1. The van der Waals surface area contributed by atoms with Crippen LogP contribution in [-0.4, -0.2) is 17.6 Å². The van der Waals surface area contributed by atoms with Crippen LogP contribution in [0.5, 0.6) is 0 Å². The predicted octanol–water partition coefficient (Wildman–Crippen LogP) is 4.01. The fourth-order valence-electron chi connectivity index (χ4n) is 1.83. The molecule has 1 heterocycles. The summed E-state index contributed by atoms with van der Waals surface area (Å²) in [7, 11) is 0. The molecule has 0 unspecified atom stereocenters. The predicted molar refractivity (Wildman–Crippen MR) is 79.5 cm³/mol. The third-order valence-corrected chi connectivity index (χ3v) is 3.49. The molecule has 2 aromatic rings. The van der Waals surface area contributed by atoms with Crippen molar-refractivity contribution in [3.05, 3.63) is 53.0 Å². The van der Waals surface area contributed by atoms with Crippen molar-refractivity contribution < 1.29 is 13.9 Å². The molecule has 104 valence electrons. The molecule has 0 spiro atoms. The number of halogens is 1. The third-order valence-electron chi connectivity index (χ3n) is 2.71. The highest BCUT2D eigenvalue weighted by Crippen LogP contribution is 2.28. The maximum Gasteiger partial charge on any atom is 0.376 e. The summed E-state index contributed by atoms with van der Waals surface area (Å²) in [5, 5.41) is 0. The molecule has 2 rings (SSSR count). The van der Waals surface area contributed by atoms with Crippen LogP contribution in [0.3, 0.4) is 0 Å². The van der Waals surface area contributed by atoms with E-state index in [1.165, 1.54) is 6.39 Å². The molecular weight excluding hydrogens is 322 g/mol. The van der Waals surface area contributed by atoms with Gasteiger partial charge in [-0.05, 0) is 31.0 Å². The molecule has 5 heteroatoms. The summed E-state index contributed by atoms with van der Waals surface area (Å²) in [6.07, 6.45) is 3.79. The van der Waals surface area contributed by atoms with E-state index < -0.39 is 5.97 Å². The molecule has 0 amide bonds. The van der Waals surface area contributed by atoms with Crippen molar-refractivity contribution in [3.63, 3.8) is 0 Å². The molecule has 0 aliphatic heterocycles. The van der Waals surface area contributed by atoms with Crippen LogP contribution in [0.1, 0.15) is 23.0 Å². The van der Waals surface area contributed by atoms with Gasteiger partial charge in [0.15, 0.2) is 6.39 Å². The molecule has 0 bridgehead atoms. The summed E-state index contributed by atoms with van der Waals surface area (Å²) in [4.78, 5) is 15.9. The number of hydrogen-bond acceptors (Lipinski definition) is 4. The van der Waals surface area contributed by atoms with E-state index in [0.717, 1.165) is 22.0 Å². The second-order valence-electron chi connectivity index (χ2n) is 4.05. The molecule has 0 aliphatic carbocycles. The molecule has 0 atom stereocenters. The minimum atomic E-state index is -0.506. The Morgan fingerprint density at radius 2 is 2.35 bits per heavy atom. The van der Waals surface area contributed by atoms with Gasteiger partial charge in [-0.2, -0.15) is 0 Å². The molecule has 0 saturated carbocycles. The maximum atomic E-state index is 11.8. The van der Waals surface area contributed by atoms with Crippen molar-refractivity contribution >= 4 is 21.9 Å². The van der Waals surface area contributed by atoms with E-state index in [1.54, 1.807) is 6.92 Å². The highest BCUT2D eigenvalue weighted by Gasteiger charge is 2.20. The van der Waals surface area contributed by atoms with E-state index >= 15 is 0 Å². The van der Waals surface area contributed by atoms with E-state index in [-0.39, 0.29) is 5.76 Å². The van der Waals surface area contributed by atoms with Gasteiger partial charge in [0.1, 0.15) is 5.69 Å². The topological polar surface area (TPSA) is 52.3 Å². The number of nitrogens with zero attached hydrogens (tertiary/aromatic N) is 1. The Labute approximate surface area is 125 Å². The molecule has 0 radical (unpaired) electrons. The van der Waals surface area contributed by atoms with Gasteiger partial charge < -0.3 is 9.15 Å². The lowest BCUT2D eigenvalue weighted by molar-refractivity contribution is 0.0491. The Kier molecular flexibility index (Phi) is 4.74. The van der Waals surface area contributed by atoms with E-state index in [0.29, 0.717) is 12.3 Å². The van der Waals surface area contributed by atoms with Crippen molar-refractivity contribution in [1.29, 1.82) is 0 Å². The summed E-state index contributed by atoms with van der Waals surface area (Å²) in [5.74, 6) is -0.382. The van der Waals surface area contributed by atoms with Gasteiger partial charge in [-0.15, -0.1) is 6.58 Å². The standard InChI is InChI=1S/C15H14BrNO3/c1-3-5-10-8-11(6-7-12(10)16)13-14(20-9-17-13)15(18)19-4-2/h3,6-9H,1,4-5H2,2H3. The highest BCUT2D eigenvalue weighted by molar-refractivity contribution is 9.10. The summed E-state index contributed by atoms with van der Waals surface area (Å²) in [6.45, 7) is 5.77. The number of rotatable bonds is 5. The number of carbonyl (C=O) groups is 1. The molecule has 0 fully saturated rings. The first-order chi connectivity index (χ1) is 9.67. The van der Waals surface area contributed by atoms with Crippen LogP contribution in [-0.2, 0) is 11.2 Å². The molecular formula is C15H14BrNO3. The van der Waals surface area contributed by atoms with E-state index in [1.807, 2.05) is 24.3 Å². The Morgan fingerprint density at radius 1 is 1.55 bits per heavy atom. The summed E-state index contributed by atoms with van der Waals surface area (Å²) in [6, 6.07) is 5.74. The Morgan fingerprint density at radius 3 is 3.05 bits per heavy atom. The molecule has 1 aromatic heterocycles. The first-order valence-corrected chi connectivity index (χ1v) is 6.97. The lowest BCUT2D eigenvalue weighted by Crippen LogP contribution is -2.05. The van der Waals surface area contributed by atoms with Gasteiger partial charge in [-0.1, -0.05) is 28.1 Å². The monoisotopic (exact) mass is 335 g/mol. The molecule has 0 N–H and O–H groups in total.